The van der Waals surface area contributed by atoms with Gasteiger partial charge >= 0.3 is 0 Å². The molecule has 0 fully saturated rings. The molecule has 0 unspecified atom stereocenters. The first kappa shape index (κ1) is 15.2. The van der Waals surface area contributed by atoms with Crippen molar-refractivity contribution in [3.63, 3.8) is 0 Å². The van der Waals surface area contributed by atoms with Crippen LogP contribution in [0.5, 0.6) is 0 Å². The molecular weight excluding hydrogens is 286 g/mol. The zero-order valence-corrected chi connectivity index (χ0v) is 14.6. The molecule has 3 rings (SSSR count). The Labute approximate surface area is 138 Å². The van der Waals surface area contributed by atoms with Crippen LogP contribution in [0.25, 0.3) is 4.91 Å². The maximum atomic E-state index is 3.68. The Kier molecular flexibility index (Phi) is 4.01. The number of fused-ring (bicyclic) bond motifs is 1. The van der Waals surface area contributed by atoms with Crippen molar-refractivity contribution >= 4 is 16.7 Å². The normalized spacial score (nSPS) is 17.5. The molecule has 0 N–H and O–H groups in total. The van der Waals surface area contributed by atoms with Crippen LogP contribution in [0, 0.1) is 11.3 Å². The van der Waals surface area contributed by atoms with Crippen LogP contribution in [-0.4, -0.2) is 19.0 Å². The summed E-state index contributed by atoms with van der Waals surface area (Å²) >= 11 is 1.81. The van der Waals surface area contributed by atoms with Gasteiger partial charge in [-0.05, 0) is 24.4 Å². The molecule has 2 heteroatoms. The fourth-order valence-corrected chi connectivity index (χ4v) is 4.09. The van der Waals surface area contributed by atoms with E-state index in [1.165, 1.54) is 44.0 Å². The number of allylic oxidation sites excluding steroid dienone is 5. The van der Waals surface area contributed by atoms with Crippen molar-refractivity contribution in [2.45, 2.75) is 20.8 Å². The van der Waals surface area contributed by atoms with Gasteiger partial charge in [0.05, 0.1) is 23.3 Å². The van der Waals surface area contributed by atoms with Gasteiger partial charge < -0.3 is 4.90 Å². The third-order valence-corrected chi connectivity index (χ3v) is 5.23. The lowest BCUT2D eigenvalue weighted by Gasteiger charge is -2.26. The van der Waals surface area contributed by atoms with E-state index in [1.54, 1.807) is 0 Å². The molecule has 1 aliphatic heterocycles. The first-order chi connectivity index (χ1) is 10.5. The maximum absolute atomic E-state index is 3.68. The summed E-state index contributed by atoms with van der Waals surface area (Å²) in [6.07, 6.45) is 4.47. The van der Waals surface area contributed by atoms with Gasteiger partial charge in [0.25, 0.3) is 0 Å². The fourth-order valence-electron chi connectivity index (χ4n) is 2.99. The van der Waals surface area contributed by atoms with Gasteiger partial charge in [0, 0.05) is 26.7 Å². The van der Waals surface area contributed by atoms with Crippen LogP contribution in [0.2, 0.25) is 0 Å². The fraction of sp³-hybridized carbons (Fsp3) is 0.250. The lowest BCUT2D eigenvalue weighted by Crippen LogP contribution is -2.15. The molecule has 1 aliphatic carbocycles. The van der Waals surface area contributed by atoms with Crippen molar-refractivity contribution in [2.75, 3.05) is 14.1 Å². The topological polar surface area (TPSA) is 3.24 Å². The second-order valence-electron chi connectivity index (χ2n) is 6.08. The van der Waals surface area contributed by atoms with E-state index in [-0.39, 0.29) is 0 Å². The van der Waals surface area contributed by atoms with Gasteiger partial charge in [-0.25, -0.2) is 0 Å². The Hall–Kier alpha value is -1.73. The van der Waals surface area contributed by atoms with E-state index in [2.05, 4.69) is 81.9 Å². The van der Waals surface area contributed by atoms with Crippen molar-refractivity contribution in [3.8, 4) is 0 Å². The second-order valence-corrected chi connectivity index (χ2v) is 7.07. The summed E-state index contributed by atoms with van der Waals surface area (Å²) in [5.41, 5.74) is 10.1. The molecule has 0 saturated carbocycles. The number of rotatable bonds is 1. The molecule has 22 heavy (non-hydrogen) atoms. The Balaban J connectivity index is 2.15. The van der Waals surface area contributed by atoms with Crippen LogP contribution in [0.1, 0.15) is 31.9 Å². The summed E-state index contributed by atoms with van der Waals surface area (Å²) in [5, 5.41) is 1.29. The van der Waals surface area contributed by atoms with Crippen molar-refractivity contribution in [3.05, 3.63) is 81.3 Å². The van der Waals surface area contributed by atoms with Crippen molar-refractivity contribution in [1.29, 1.82) is 0 Å². The summed E-state index contributed by atoms with van der Waals surface area (Å²) in [6.45, 7) is 6.49. The Bertz CT molecular complexity index is 708. The molecule has 0 atom stereocenters. The zero-order valence-electron chi connectivity index (χ0n) is 13.8. The summed E-state index contributed by atoms with van der Waals surface area (Å²) in [6, 6.07) is 8.60. The van der Waals surface area contributed by atoms with Crippen LogP contribution in [-0.2, 0) is 0 Å². The minimum Gasteiger partial charge on any atom is -0.327 e. The Morgan fingerprint density at radius 3 is 2.36 bits per heavy atom. The number of hydrogen-bond acceptors (Lipinski definition) is 2. The van der Waals surface area contributed by atoms with E-state index >= 15 is 0 Å². The highest BCUT2D eigenvalue weighted by Gasteiger charge is 2.23. The number of nitrogens with zero attached hydrogens (tertiary/aromatic N) is 1. The highest BCUT2D eigenvalue weighted by atomic mass is 32.2. The first-order valence-electron chi connectivity index (χ1n) is 7.51. The van der Waals surface area contributed by atoms with Gasteiger partial charge in [-0.15, -0.1) is 17.7 Å². The monoisotopic (exact) mass is 307 g/mol. The van der Waals surface area contributed by atoms with E-state index in [4.69, 9.17) is 0 Å². The standard InChI is InChI=1S/C20H21NS/c1-13-10-14(2)18(15(3)11-13)12-19-16-8-6-7-9-17(16)20(22-19)21(4)5/h6-11H,1-5H3. The Morgan fingerprint density at radius 1 is 1.09 bits per heavy atom. The van der Waals surface area contributed by atoms with Gasteiger partial charge in [0.1, 0.15) is 5.57 Å². The van der Waals surface area contributed by atoms with Crippen molar-refractivity contribution in [1.82, 2.24) is 4.90 Å². The zero-order chi connectivity index (χ0) is 15.9. The lowest BCUT2D eigenvalue weighted by molar-refractivity contribution is 0.499. The minimum absolute atomic E-state index is 1.22. The molecule has 0 bridgehead atoms. The van der Waals surface area contributed by atoms with Crippen LogP contribution in [0.3, 0.4) is 0 Å². The SMILES string of the molecule is CC1=C[C+](C)C=C(C)C1=C=C1S[C-](N(C)C)c2ccccc21. The largest absolute Gasteiger partial charge is 0.327 e. The maximum Gasteiger partial charge on any atom is 0.131 e. The predicted octanol–water partition coefficient (Wildman–Crippen LogP) is 5.20. The van der Waals surface area contributed by atoms with Gasteiger partial charge in [-0.1, -0.05) is 11.8 Å². The molecule has 0 radical (unpaired) electrons. The minimum atomic E-state index is 1.22. The Morgan fingerprint density at radius 2 is 1.73 bits per heavy atom. The van der Waals surface area contributed by atoms with Crippen LogP contribution < -0.4 is 0 Å². The lowest BCUT2D eigenvalue weighted by atomic mass is 9.89. The number of hydrogen-bond donors (Lipinski definition) is 0. The van der Waals surface area contributed by atoms with E-state index in [0.717, 1.165) is 0 Å². The third kappa shape index (κ3) is 2.66. The van der Waals surface area contributed by atoms with Crippen molar-refractivity contribution < 1.29 is 0 Å². The van der Waals surface area contributed by atoms with Crippen LogP contribution in [0.15, 0.2) is 58.9 Å². The molecule has 1 aromatic carbocycles. The molecule has 112 valence electrons. The molecular formula is C20H21NS. The molecule has 0 spiro atoms. The molecule has 0 aromatic heterocycles. The average Bonchev–Trinajstić information content (AvgIpc) is 2.82. The third-order valence-electron chi connectivity index (χ3n) is 3.92. The van der Waals surface area contributed by atoms with Crippen LogP contribution >= 0.6 is 11.8 Å². The van der Waals surface area contributed by atoms with E-state index in [1.807, 2.05) is 11.8 Å². The van der Waals surface area contributed by atoms with Gasteiger partial charge in [0.2, 0.25) is 0 Å². The second kappa shape index (κ2) is 5.81. The van der Waals surface area contributed by atoms with Gasteiger partial charge in [0.15, 0.2) is 0 Å². The smallest absolute Gasteiger partial charge is 0.131 e. The first-order valence-corrected chi connectivity index (χ1v) is 8.32. The number of benzene rings is 1. The summed E-state index contributed by atoms with van der Waals surface area (Å²) in [4.78, 5) is 3.40. The highest BCUT2D eigenvalue weighted by molar-refractivity contribution is 8.11. The molecule has 1 aromatic rings. The highest BCUT2D eigenvalue weighted by Crippen LogP contribution is 2.50. The van der Waals surface area contributed by atoms with Gasteiger partial charge in [-0.3, -0.25) is 0 Å². The van der Waals surface area contributed by atoms with E-state index in [0.29, 0.717) is 0 Å². The van der Waals surface area contributed by atoms with E-state index < -0.39 is 0 Å². The summed E-state index contributed by atoms with van der Waals surface area (Å²) in [5.74, 6) is 1.31. The number of thioether (sulfide) groups is 1. The molecule has 1 nitrogen and oxygen atoms in total. The molecule has 0 amide bonds. The van der Waals surface area contributed by atoms with Gasteiger partial charge in [-0.2, -0.15) is 23.4 Å². The quantitative estimate of drug-likeness (QED) is 0.518. The average molecular weight is 307 g/mol. The van der Waals surface area contributed by atoms with Crippen molar-refractivity contribution in [2.24, 2.45) is 0 Å². The summed E-state index contributed by atoms with van der Waals surface area (Å²) < 4.78 is 0. The molecule has 0 saturated heterocycles. The molecule has 2 aliphatic rings. The predicted molar refractivity (Wildman–Crippen MR) is 96.9 cm³/mol. The van der Waals surface area contributed by atoms with Crippen LogP contribution in [0.4, 0.5) is 0 Å². The van der Waals surface area contributed by atoms with E-state index in [9.17, 15) is 0 Å². The molecule has 1 heterocycles. The summed E-state index contributed by atoms with van der Waals surface area (Å²) in [7, 11) is 4.20.